The van der Waals surface area contributed by atoms with Gasteiger partial charge in [0.2, 0.25) is 0 Å². The molecule has 0 bridgehead atoms. The highest BCUT2D eigenvalue weighted by Gasteiger charge is 2.28. The van der Waals surface area contributed by atoms with Gasteiger partial charge in [0, 0.05) is 36.2 Å². The number of nitrogens with zero attached hydrogens (tertiary/aromatic N) is 1. The number of piperidine rings is 1. The predicted octanol–water partition coefficient (Wildman–Crippen LogP) is 3.85. The van der Waals surface area contributed by atoms with Crippen LogP contribution in [0.5, 0.6) is 0 Å². The summed E-state index contributed by atoms with van der Waals surface area (Å²) in [6, 6.07) is 8.97. The lowest BCUT2D eigenvalue weighted by Gasteiger charge is -2.36. The molecule has 3 rings (SSSR count). The Kier molecular flexibility index (Phi) is 3.67. The molecule has 1 aromatic rings. The molecule has 1 saturated heterocycles. The number of benzene rings is 1. The van der Waals surface area contributed by atoms with Gasteiger partial charge in [-0.25, -0.2) is 0 Å². The quantitative estimate of drug-likeness (QED) is 0.795. The van der Waals surface area contributed by atoms with Gasteiger partial charge in [0.25, 0.3) is 0 Å². The molecule has 1 aromatic carbocycles. The average molecular weight is 261 g/mol. The molecule has 0 aliphatic carbocycles. The Bertz CT molecular complexity index is 407. The van der Waals surface area contributed by atoms with Crippen LogP contribution in [0.15, 0.2) is 29.2 Å². The maximum atomic E-state index is 2.70. The van der Waals surface area contributed by atoms with Crippen LogP contribution in [0.1, 0.15) is 31.7 Å². The van der Waals surface area contributed by atoms with E-state index in [9.17, 15) is 0 Å². The first kappa shape index (κ1) is 12.6. The Balaban J connectivity index is 1.67. The molecule has 2 aliphatic rings. The summed E-state index contributed by atoms with van der Waals surface area (Å²) in [4.78, 5) is 4.22. The second-order valence-electron chi connectivity index (χ2n) is 6.21. The number of rotatable bonds is 2. The Hall–Kier alpha value is -0.470. The van der Waals surface area contributed by atoms with Crippen LogP contribution in [0, 0.1) is 11.8 Å². The summed E-state index contributed by atoms with van der Waals surface area (Å²) in [6.45, 7) is 8.67. The van der Waals surface area contributed by atoms with Crippen LogP contribution in [0.3, 0.4) is 0 Å². The normalized spacial score (nSPS) is 32.4. The largest absolute Gasteiger partial charge is 0.302 e. The number of hydrogen-bond acceptors (Lipinski definition) is 2. The molecule has 98 valence electrons. The van der Waals surface area contributed by atoms with E-state index in [1.54, 1.807) is 5.56 Å². The van der Waals surface area contributed by atoms with Gasteiger partial charge in [-0.3, -0.25) is 0 Å². The standard InChI is InChI=1S/C16H23NS/c1-12-7-13(2)9-17(8-12)10-14-11-18-16-6-4-3-5-15(14)16/h3-6,12-14H,7-11H2,1-2H3. The van der Waals surface area contributed by atoms with Crippen molar-refractivity contribution in [2.75, 3.05) is 25.4 Å². The maximum absolute atomic E-state index is 2.70. The Morgan fingerprint density at radius 1 is 1.17 bits per heavy atom. The third kappa shape index (κ3) is 2.60. The van der Waals surface area contributed by atoms with Crippen molar-refractivity contribution in [2.24, 2.45) is 11.8 Å². The van der Waals surface area contributed by atoms with E-state index in [1.165, 1.54) is 36.7 Å². The lowest BCUT2D eigenvalue weighted by molar-refractivity contribution is 0.136. The minimum Gasteiger partial charge on any atom is -0.302 e. The van der Waals surface area contributed by atoms with Gasteiger partial charge >= 0.3 is 0 Å². The molecule has 3 atom stereocenters. The molecule has 0 N–H and O–H groups in total. The molecule has 0 saturated carbocycles. The van der Waals surface area contributed by atoms with E-state index in [1.807, 2.05) is 11.8 Å². The summed E-state index contributed by atoms with van der Waals surface area (Å²) < 4.78 is 0. The van der Waals surface area contributed by atoms with Gasteiger partial charge in [-0.2, -0.15) is 0 Å². The van der Waals surface area contributed by atoms with Gasteiger partial charge in [0.15, 0.2) is 0 Å². The van der Waals surface area contributed by atoms with Gasteiger partial charge in [-0.05, 0) is 29.9 Å². The minimum atomic E-state index is 0.753. The molecule has 0 aromatic heterocycles. The molecule has 1 fully saturated rings. The van der Waals surface area contributed by atoms with Crippen molar-refractivity contribution < 1.29 is 0 Å². The monoisotopic (exact) mass is 261 g/mol. The molecule has 2 heteroatoms. The van der Waals surface area contributed by atoms with Gasteiger partial charge in [0.1, 0.15) is 0 Å². The van der Waals surface area contributed by atoms with Crippen molar-refractivity contribution in [1.82, 2.24) is 4.90 Å². The molecular weight excluding hydrogens is 238 g/mol. The maximum Gasteiger partial charge on any atom is 0.0108 e. The molecule has 1 nitrogen and oxygen atoms in total. The second kappa shape index (κ2) is 5.26. The zero-order chi connectivity index (χ0) is 12.5. The van der Waals surface area contributed by atoms with E-state index in [0.717, 1.165) is 17.8 Å². The van der Waals surface area contributed by atoms with Crippen LogP contribution < -0.4 is 0 Å². The van der Waals surface area contributed by atoms with Crippen molar-refractivity contribution in [3.63, 3.8) is 0 Å². The van der Waals surface area contributed by atoms with Crippen molar-refractivity contribution >= 4 is 11.8 Å². The van der Waals surface area contributed by atoms with Crippen LogP contribution in [0.25, 0.3) is 0 Å². The molecule has 0 spiro atoms. The first-order valence-electron chi connectivity index (χ1n) is 7.16. The molecular formula is C16H23NS. The lowest BCUT2D eigenvalue weighted by Crippen LogP contribution is -2.40. The highest BCUT2D eigenvalue weighted by atomic mass is 32.2. The summed E-state index contributed by atoms with van der Waals surface area (Å²) in [5, 5.41) is 0. The molecule has 2 aliphatic heterocycles. The number of thioether (sulfide) groups is 1. The highest BCUT2D eigenvalue weighted by Crippen LogP contribution is 2.40. The van der Waals surface area contributed by atoms with E-state index in [2.05, 4.69) is 43.0 Å². The average Bonchev–Trinajstić information content (AvgIpc) is 2.72. The van der Waals surface area contributed by atoms with Gasteiger partial charge < -0.3 is 4.90 Å². The van der Waals surface area contributed by atoms with E-state index < -0.39 is 0 Å². The fourth-order valence-corrected chi connectivity index (χ4v) is 4.88. The summed E-state index contributed by atoms with van der Waals surface area (Å²) in [5.41, 5.74) is 1.59. The Morgan fingerprint density at radius 3 is 2.67 bits per heavy atom. The number of likely N-dealkylation sites (tertiary alicyclic amines) is 1. The smallest absolute Gasteiger partial charge is 0.0108 e. The SMILES string of the molecule is CC1CC(C)CN(CC2CSc3ccccc32)C1. The molecule has 0 radical (unpaired) electrons. The first-order valence-corrected chi connectivity index (χ1v) is 8.15. The van der Waals surface area contributed by atoms with Gasteiger partial charge in [-0.15, -0.1) is 11.8 Å². The topological polar surface area (TPSA) is 3.24 Å². The predicted molar refractivity (Wildman–Crippen MR) is 79.3 cm³/mol. The van der Waals surface area contributed by atoms with Crippen LogP contribution in [-0.2, 0) is 0 Å². The summed E-state index contributed by atoms with van der Waals surface area (Å²) in [7, 11) is 0. The third-order valence-electron chi connectivity index (χ3n) is 4.22. The number of hydrogen-bond donors (Lipinski definition) is 0. The van der Waals surface area contributed by atoms with E-state index in [0.29, 0.717) is 0 Å². The fraction of sp³-hybridized carbons (Fsp3) is 0.625. The van der Waals surface area contributed by atoms with E-state index in [-0.39, 0.29) is 0 Å². The van der Waals surface area contributed by atoms with Crippen LogP contribution >= 0.6 is 11.8 Å². The lowest BCUT2D eigenvalue weighted by atomic mass is 9.90. The highest BCUT2D eigenvalue weighted by molar-refractivity contribution is 7.99. The molecule has 18 heavy (non-hydrogen) atoms. The molecule has 3 unspecified atom stereocenters. The first-order chi connectivity index (χ1) is 8.72. The van der Waals surface area contributed by atoms with Crippen LogP contribution in [0.4, 0.5) is 0 Å². The van der Waals surface area contributed by atoms with Crippen molar-refractivity contribution in [3.05, 3.63) is 29.8 Å². The van der Waals surface area contributed by atoms with Crippen LogP contribution in [0.2, 0.25) is 0 Å². The number of fused-ring (bicyclic) bond motifs is 1. The second-order valence-corrected chi connectivity index (χ2v) is 7.27. The Labute approximate surface area is 115 Å². The summed E-state index contributed by atoms with van der Waals surface area (Å²) >= 11 is 2.04. The molecule has 2 heterocycles. The van der Waals surface area contributed by atoms with Crippen molar-refractivity contribution in [2.45, 2.75) is 31.1 Å². The zero-order valence-corrected chi connectivity index (χ0v) is 12.2. The van der Waals surface area contributed by atoms with Gasteiger partial charge in [0.05, 0.1) is 0 Å². The van der Waals surface area contributed by atoms with Crippen molar-refractivity contribution in [3.8, 4) is 0 Å². The third-order valence-corrected chi connectivity index (χ3v) is 5.47. The van der Waals surface area contributed by atoms with Gasteiger partial charge in [-0.1, -0.05) is 32.0 Å². The molecule has 0 amide bonds. The zero-order valence-electron chi connectivity index (χ0n) is 11.4. The fourth-order valence-electron chi connectivity index (χ4n) is 3.63. The van der Waals surface area contributed by atoms with Crippen molar-refractivity contribution in [1.29, 1.82) is 0 Å². The summed E-state index contributed by atoms with van der Waals surface area (Å²) in [5.74, 6) is 3.78. The Morgan fingerprint density at radius 2 is 1.89 bits per heavy atom. The van der Waals surface area contributed by atoms with E-state index in [4.69, 9.17) is 0 Å². The summed E-state index contributed by atoms with van der Waals surface area (Å²) in [6.07, 6.45) is 1.41. The van der Waals surface area contributed by atoms with E-state index >= 15 is 0 Å². The minimum absolute atomic E-state index is 0.753. The van der Waals surface area contributed by atoms with Crippen LogP contribution in [-0.4, -0.2) is 30.3 Å².